The summed E-state index contributed by atoms with van der Waals surface area (Å²) in [6.45, 7) is 2.30. The van der Waals surface area contributed by atoms with Crippen LogP contribution in [0.2, 0.25) is 0 Å². The summed E-state index contributed by atoms with van der Waals surface area (Å²) >= 11 is 4.60. The number of benzene rings is 3. The first-order chi connectivity index (χ1) is 19.7. The van der Waals surface area contributed by atoms with E-state index in [2.05, 4.69) is 113 Å². The molecule has 0 aromatic heterocycles. The van der Waals surface area contributed by atoms with Crippen molar-refractivity contribution < 1.29 is 0 Å². The summed E-state index contributed by atoms with van der Waals surface area (Å²) in [7, 11) is 0. The zero-order chi connectivity index (χ0) is 28.2. The molecule has 3 aromatic carbocycles. The monoisotopic (exact) mass is 622 g/mol. The SMILES string of the molecule is CCCCCCCCCCCCCCCCCCCCP(Br)(c1ccccc1)(c1ccccc1)c1ccccc1. The van der Waals surface area contributed by atoms with Crippen LogP contribution in [-0.2, 0) is 0 Å². The predicted octanol–water partition coefficient (Wildman–Crippen LogP) is 11.9. The van der Waals surface area contributed by atoms with E-state index in [4.69, 9.17) is 0 Å². The molecule has 0 heterocycles. The van der Waals surface area contributed by atoms with Crippen molar-refractivity contribution in [3.63, 3.8) is 0 Å². The zero-order valence-corrected chi connectivity index (χ0v) is 27.9. The molecule has 0 saturated heterocycles. The van der Waals surface area contributed by atoms with Crippen molar-refractivity contribution in [3.05, 3.63) is 91.0 Å². The van der Waals surface area contributed by atoms with Crippen LogP contribution in [0.3, 0.4) is 0 Å². The van der Waals surface area contributed by atoms with Gasteiger partial charge >= 0.3 is 204 Å². The second-order valence-corrected chi connectivity index (χ2v) is 21.0. The first kappa shape index (κ1) is 33.1. The van der Waals surface area contributed by atoms with Gasteiger partial charge in [-0.2, -0.15) is 0 Å². The molecule has 0 radical (unpaired) electrons. The Bertz CT molecular complexity index is 918. The molecule has 0 aliphatic rings. The normalized spacial score (nSPS) is 12.7. The molecule has 0 nitrogen and oxygen atoms in total. The van der Waals surface area contributed by atoms with Gasteiger partial charge in [-0.05, 0) is 0 Å². The third-order valence-corrected chi connectivity index (χ3v) is 18.8. The molecule has 0 saturated carbocycles. The number of unbranched alkanes of at least 4 members (excludes halogenated alkanes) is 17. The molecule has 40 heavy (non-hydrogen) atoms. The molecule has 0 bridgehead atoms. The predicted molar refractivity (Wildman–Crippen MR) is 188 cm³/mol. The van der Waals surface area contributed by atoms with Gasteiger partial charge in [-0.25, -0.2) is 0 Å². The van der Waals surface area contributed by atoms with Crippen molar-refractivity contribution in [1.82, 2.24) is 0 Å². The fraction of sp³-hybridized carbons (Fsp3) is 0.526. The first-order valence-corrected chi connectivity index (χ1v) is 21.0. The van der Waals surface area contributed by atoms with Crippen LogP contribution >= 0.6 is 20.8 Å². The van der Waals surface area contributed by atoms with Gasteiger partial charge in [-0.3, -0.25) is 0 Å². The Hall–Kier alpha value is -1.43. The summed E-state index contributed by atoms with van der Waals surface area (Å²) < 4.78 is 0. The first-order valence-electron chi connectivity index (χ1n) is 16.6. The average Bonchev–Trinajstić information content (AvgIpc) is 3.02. The average molecular weight is 624 g/mol. The third-order valence-electron chi connectivity index (χ3n) is 8.82. The maximum atomic E-state index is 4.60. The Balaban J connectivity index is 1.39. The van der Waals surface area contributed by atoms with E-state index in [1.165, 1.54) is 138 Å². The second-order valence-electron chi connectivity index (χ2n) is 11.9. The molecule has 3 aromatic rings. The van der Waals surface area contributed by atoms with Gasteiger partial charge in [0.25, 0.3) is 0 Å². The van der Waals surface area contributed by atoms with Crippen LogP contribution in [0.5, 0.6) is 0 Å². The van der Waals surface area contributed by atoms with Crippen molar-refractivity contribution in [2.45, 2.75) is 122 Å². The second kappa shape index (κ2) is 18.9. The number of halogens is 1. The Morgan fingerprint density at radius 3 is 0.900 bits per heavy atom. The molecule has 0 fully saturated rings. The van der Waals surface area contributed by atoms with E-state index in [0.29, 0.717) is 0 Å². The van der Waals surface area contributed by atoms with Crippen LogP contribution in [0, 0.1) is 0 Å². The fourth-order valence-electron chi connectivity index (χ4n) is 6.36. The Morgan fingerprint density at radius 2 is 0.625 bits per heavy atom. The van der Waals surface area contributed by atoms with Crippen LogP contribution in [0.1, 0.15) is 122 Å². The molecule has 0 aliphatic heterocycles. The van der Waals surface area contributed by atoms with E-state index in [1.54, 1.807) is 0 Å². The molecule has 2 heteroatoms. The number of hydrogen-bond donors (Lipinski definition) is 0. The van der Waals surface area contributed by atoms with Crippen molar-refractivity contribution in [2.24, 2.45) is 0 Å². The van der Waals surface area contributed by atoms with E-state index in [-0.39, 0.29) is 0 Å². The minimum atomic E-state index is -2.74. The summed E-state index contributed by atoms with van der Waals surface area (Å²) in [4.78, 5) is 0. The van der Waals surface area contributed by atoms with Gasteiger partial charge < -0.3 is 0 Å². The Labute approximate surface area is 255 Å². The van der Waals surface area contributed by atoms with Crippen LogP contribution in [0.4, 0.5) is 0 Å². The van der Waals surface area contributed by atoms with Gasteiger partial charge in [0.05, 0.1) is 0 Å². The molecule has 0 atom stereocenters. The summed E-state index contributed by atoms with van der Waals surface area (Å²) in [5.74, 6) is 0. The van der Waals surface area contributed by atoms with E-state index < -0.39 is 5.31 Å². The number of hydrogen-bond acceptors (Lipinski definition) is 0. The molecule has 220 valence electrons. The standard InChI is InChI=1S/C38H56BrP/c1-2-3-4-5-6-7-8-9-10-11-12-13-14-15-16-17-18-28-35-40(39,36-29-22-19-23-30-36,37-31-24-20-25-32-37)38-33-26-21-27-34-38/h19-27,29-34H,2-18,28,35H2,1H3. The molecule has 0 spiro atoms. The van der Waals surface area contributed by atoms with Crippen molar-refractivity contribution >= 4 is 36.7 Å². The van der Waals surface area contributed by atoms with Gasteiger partial charge in [0.15, 0.2) is 0 Å². The molecular weight excluding hydrogens is 567 g/mol. The molecule has 0 amide bonds. The molecule has 0 aliphatic carbocycles. The molecule has 3 rings (SSSR count). The summed E-state index contributed by atoms with van der Waals surface area (Å²) in [5, 5.41) is 1.59. The van der Waals surface area contributed by atoms with Gasteiger partial charge in [-0.15, -0.1) is 0 Å². The summed E-state index contributed by atoms with van der Waals surface area (Å²) in [5.41, 5.74) is 0. The van der Waals surface area contributed by atoms with E-state index in [9.17, 15) is 0 Å². The minimum absolute atomic E-state index is 1.17. The van der Waals surface area contributed by atoms with Crippen LogP contribution in [-0.4, -0.2) is 6.16 Å². The van der Waals surface area contributed by atoms with Gasteiger partial charge in [0.2, 0.25) is 0 Å². The Morgan fingerprint density at radius 1 is 0.375 bits per heavy atom. The molecular formula is C38H56BrP. The van der Waals surface area contributed by atoms with Crippen LogP contribution < -0.4 is 15.9 Å². The van der Waals surface area contributed by atoms with Gasteiger partial charge in [0.1, 0.15) is 0 Å². The van der Waals surface area contributed by atoms with E-state index >= 15 is 0 Å². The van der Waals surface area contributed by atoms with Crippen LogP contribution in [0.25, 0.3) is 0 Å². The Kier molecular flexibility index (Phi) is 15.6. The van der Waals surface area contributed by atoms with Crippen LogP contribution in [0.15, 0.2) is 91.0 Å². The quantitative estimate of drug-likeness (QED) is 0.0772. The fourth-order valence-corrected chi connectivity index (χ4v) is 14.1. The van der Waals surface area contributed by atoms with E-state index in [0.717, 1.165) is 0 Å². The van der Waals surface area contributed by atoms with Gasteiger partial charge in [0, 0.05) is 0 Å². The zero-order valence-electron chi connectivity index (χ0n) is 25.4. The van der Waals surface area contributed by atoms with Crippen molar-refractivity contribution in [3.8, 4) is 0 Å². The topological polar surface area (TPSA) is 0 Å². The number of rotatable bonds is 22. The summed E-state index contributed by atoms with van der Waals surface area (Å²) in [6, 6.07) is 33.8. The third kappa shape index (κ3) is 9.84. The maximum absolute atomic E-state index is 4.60. The van der Waals surface area contributed by atoms with Crippen molar-refractivity contribution in [1.29, 1.82) is 0 Å². The molecule has 0 N–H and O–H groups in total. The molecule has 0 unspecified atom stereocenters. The summed E-state index contributed by atoms with van der Waals surface area (Å²) in [6.07, 6.45) is 26.6. The van der Waals surface area contributed by atoms with Gasteiger partial charge in [-0.1, -0.05) is 51.9 Å². The van der Waals surface area contributed by atoms with E-state index in [1.807, 2.05) is 0 Å². The van der Waals surface area contributed by atoms with Crippen molar-refractivity contribution in [2.75, 3.05) is 6.16 Å².